The van der Waals surface area contributed by atoms with E-state index in [1.165, 1.54) is 18.2 Å². The minimum absolute atomic E-state index is 0.155. The maximum absolute atomic E-state index is 13.4. The molecule has 0 bridgehead atoms. The van der Waals surface area contributed by atoms with Crippen LogP contribution >= 0.6 is 0 Å². The summed E-state index contributed by atoms with van der Waals surface area (Å²) in [7, 11) is -3.72. The summed E-state index contributed by atoms with van der Waals surface area (Å²) in [5, 5.41) is 3.59. The Morgan fingerprint density at radius 2 is 1.86 bits per heavy atom. The monoisotopic (exact) mass is 406 g/mol. The molecule has 0 radical (unpaired) electrons. The number of nitrogens with one attached hydrogen (secondary N) is 2. The van der Waals surface area contributed by atoms with Crippen LogP contribution in [-0.4, -0.2) is 34.0 Å². The second-order valence-corrected chi connectivity index (χ2v) is 7.71. The van der Waals surface area contributed by atoms with E-state index in [1.807, 2.05) is 19.1 Å². The molecule has 0 aliphatic heterocycles. The topological polar surface area (TPSA) is 84.5 Å². The van der Waals surface area contributed by atoms with Crippen molar-refractivity contribution in [1.82, 2.24) is 10.0 Å². The van der Waals surface area contributed by atoms with Crippen molar-refractivity contribution in [3.8, 4) is 5.75 Å². The first-order valence-corrected chi connectivity index (χ1v) is 10.3. The van der Waals surface area contributed by atoms with E-state index in [9.17, 15) is 17.6 Å². The fraction of sp³-hybridized carbons (Fsp3) is 0.250. The average molecular weight is 406 g/mol. The normalized spacial score (nSPS) is 11.5. The van der Waals surface area contributed by atoms with Crippen LogP contribution in [0.15, 0.2) is 53.9 Å². The number of carbonyl (C=O) groups is 1. The molecule has 0 unspecified atom stereocenters. The van der Waals surface area contributed by atoms with E-state index < -0.39 is 21.7 Å². The van der Waals surface area contributed by atoms with Crippen molar-refractivity contribution in [2.45, 2.75) is 13.3 Å². The van der Waals surface area contributed by atoms with E-state index >= 15 is 0 Å². The minimum Gasteiger partial charge on any atom is -0.490 e. The molecule has 8 heteroatoms. The number of amides is 1. The molecule has 0 atom stereocenters. The van der Waals surface area contributed by atoms with E-state index in [0.717, 1.165) is 16.5 Å². The SMILES string of the molecule is Cc1ccc(/C=C/S(=O)(=O)NCC(=O)NCCCOc2ccccc2F)cc1. The minimum atomic E-state index is -3.72. The van der Waals surface area contributed by atoms with Gasteiger partial charge >= 0.3 is 0 Å². The van der Waals surface area contributed by atoms with Gasteiger partial charge < -0.3 is 10.1 Å². The van der Waals surface area contributed by atoms with Crippen molar-refractivity contribution < 1.29 is 22.3 Å². The maximum Gasteiger partial charge on any atom is 0.235 e. The van der Waals surface area contributed by atoms with Gasteiger partial charge in [-0.25, -0.2) is 17.5 Å². The standard InChI is InChI=1S/C20H23FN2O4S/c1-16-7-9-17(10-8-16)11-14-28(25,26)23-15-20(24)22-12-4-13-27-19-6-3-2-5-18(19)21/h2-3,5-11,14,23H,4,12-13,15H2,1H3,(H,22,24)/b14-11+. The van der Waals surface area contributed by atoms with Gasteiger partial charge in [0.05, 0.1) is 13.2 Å². The van der Waals surface area contributed by atoms with E-state index in [-0.39, 0.29) is 25.4 Å². The molecule has 0 aromatic heterocycles. The van der Waals surface area contributed by atoms with Gasteiger partial charge in [-0.2, -0.15) is 0 Å². The number of carbonyl (C=O) groups excluding carboxylic acids is 1. The molecule has 0 aliphatic carbocycles. The van der Waals surface area contributed by atoms with Gasteiger partial charge in [-0.3, -0.25) is 4.79 Å². The Morgan fingerprint density at radius 1 is 1.14 bits per heavy atom. The second-order valence-electron chi connectivity index (χ2n) is 6.06. The van der Waals surface area contributed by atoms with Crippen LogP contribution in [0, 0.1) is 12.7 Å². The van der Waals surface area contributed by atoms with Crippen LogP contribution < -0.4 is 14.8 Å². The number of aryl methyl sites for hydroxylation is 1. The molecular weight excluding hydrogens is 383 g/mol. The molecule has 0 aliphatic rings. The highest BCUT2D eigenvalue weighted by molar-refractivity contribution is 7.92. The van der Waals surface area contributed by atoms with Gasteiger partial charge in [-0.15, -0.1) is 0 Å². The molecule has 0 fully saturated rings. The largest absolute Gasteiger partial charge is 0.490 e. The predicted molar refractivity (Wildman–Crippen MR) is 107 cm³/mol. The Hall–Kier alpha value is -2.71. The van der Waals surface area contributed by atoms with E-state index in [0.29, 0.717) is 6.42 Å². The van der Waals surface area contributed by atoms with Gasteiger partial charge in [0.2, 0.25) is 15.9 Å². The lowest BCUT2D eigenvalue weighted by Gasteiger charge is -2.08. The third kappa shape index (κ3) is 7.89. The van der Waals surface area contributed by atoms with E-state index in [2.05, 4.69) is 10.0 Å². The van der Waals surface area contributed by atoms with Gasteiger partial charge in [0.25, 0.3) is 0 Å². The van der Waals surface area contributed by atoms with Crippen LogP contribution in [-0.2, 0) is 14.8 Å². The first-order chi connectivity index (χ1) is 13.4. The molecule has 28 heavy (non-hydrogen) atoms. The fourth-order valence-corrected chi connectivity index (χ4v) is 2.93. The zero-order chi connectivity index (χ0) is 20.4. The van der Waals surface area contributed by atoms with Crippen LogP contribution in [0.25, 0.3) is 6.08 Å². The van der Waals surface area contributed by atoms with E-state index in [4.69, 9.17) is 4.74 Å². The van der Waals surface area contributed by atoms with Crippen LogP contribution in [0.5, 0.6) is 5.75 Å². The van der Waals surface area contributed by atoms with Gasteiger partial charge in [0, 0.05) is 12.0 Å². The highest BCUT2D eigenvalue weighted by atomic mass is 32.2. The van der Waals surface area contributed by atoms with Crippen molar-refractivity contribution in [1.29, 1.82) is 0 Å². The summed E-state index contributed by atoms with van der Waals surface area (Å²) in [5.74, 6) is -0.750. The summed E-state index contributed by atoms with van der Waals surface area (Å²) < 4.78 is 44.7. The molecule has 0 spiro atoms. The highest BCUT2D eigenvalue weighted by Crippen LogP contribution is 2.15. The molecule has 2 aromatic rings. The third-order valence-corrected chi connectivity index (χ3v) is 4.73. The fourth-order valence-electron chi connectivity index (χ4n) is 2.17. The first kappa shape index (κ1) is 21.6. The molecule has 1 amide bonds. The van der Waals surface area contributed by atoms with E-state index in [1.54, 1.807) is 24.3 Å². The van der Waals surface area contributed by atoms with Crippen LogP contribution in [0.1, 0.15) is 17.5 Å². The Balaban J connectivity index is 1.65. The molecule has 6 nitrogen and oxygen atoms in total. The number of sulfonamides is 1. The molecule has 150 valence electrons. The summed E-state index contributed by atoms with van der Waals surface area (Å²) in [6, 6.07) is 13.4. The average Bonchev–Trinajstić information content (AvgIpc) is 2.67. The summed E-state index contributed by atoms with van der Waals surface area (Å²) in [6.45, 7) is 2.09. The number of rotatable bonds is 10. The molecule has 2 rings (SSSR count). The van der Waals surface area contributed by atoms with Crippen LogP contribution in [0.3, 0.4) is 0 Å². The van der Waals surface area contributed by atoms with Crippen molar-refractivity contribution >= 4 is 22.0 Å². The lowest BCUT2D eigenvalue weighted by molar-refractivity contribution is -0.119. The molecule has 0 heterocycles. The number of hydrogen-bond acceptors (Lipinski definition) is 4. The van der Waals surface area contributed by atoms with Crippen LogP contribution in [0.2, 0.25) is 0 Å². The Morgan fingerprint density at radius 3 is 2.57 bits per heavy atom. The smallest absolute Gasteiger partial charge is 0.235 e. The first-order valence-electron chi connectivity index (χ1n) is 8.74. The number of para-hydroxylation sites is 1. The van der Waals surface area contributed by atoms with Gasteiger partial charge in [0.1, 0.15) is 0 Å². The molecular formula is C20H23FN2O4S. The molecule has 0 saturated carbocycles. The van der Waals surface area contributed by atoms with Gasteiger partial charge in [-0.1, -0.05) is 42.0 Å². The highest BCUT2D eigenvalue weighted by Gasteiger charge is 2.08. The van der Waals surface area contributed by atoms with Crippen molar-refractivity contribution in [2.75, 3.05) is 19.7 Å². The Labute approximate surface area is 164 Å². The third-order valence-electron chi connectivity index (χ3n) is 3.69. The summed E-state index contributed by atoms with van der Waals surface area (Å²) in [6.07, 6.45) is 1.92. The zero-order valence-electron chi connectivity index (χ0n) is 15.5. The summed E-state index contributed by atoms with van der Waals surface area (Å²) >= 11 is 0. The van der Waals surface area contributed by atoms with Gasteiger partial charge in [0.15, 0.2) is 11.6 Å². The predicted octanol–water partition coefficient (Wildman–Crippen LogP) is 2.61. The second kappa shape index (κ2) is 10.6. The van der Waals surface area contributed by atoms with Crippen molar-refractivity contribution in [3.05, 3.63) is 70.9 Å². The maximum atomic E-state index is 13.4. The lowest BCUT2D eigenvalue weighted by atomic mass is 10.2. The zero-order valence-corrected chi connectivity index (χ0v) is 16.3. The number of halogens is 1. The number of ether oxygens (including phenoxy) is 1. The number of benzene rings is 2. The van der Waals surface area contributed by atoms with Crippen molar-refractivity contribution in [3.63, 3.8) is 0 Å². The lowest BCUT2D eigenvalue weighted by Crippen LogP contribution is -2.36. The Kier molecular flexibility index (Phi) is 8.16. The molecule has 0 saturated heterocycles. The Bertz CT molecular complexity index is 912. The van der Waals surface area contributed by atoms with Crippen LogP contribution in [0.4, 0.5) is 4.39 Å². The number of hydrogen-bond donors (Lipinski definition) is 2. The van der Waals surface area contributed by atoms with Gasteiger partial charge in [-0.05, 0) is 37.1 Å². The van der Waals surface area contributed by atoms with Crippen molar-refractivity contribution in [2.24, 2.45) is 0 Å². The molecule has 2 aromatic carbocycles. The summed E-state index contributed by atoms with van der Waals surface area (Å²) in [4.78, 5) is 11.7. The summed E-state index contributed by atoms with van der Waals surface area (Å²) in [5.41, 5.74) is 1.82. The molecule has 2 N–H and O–H groups in total. The quantitative estimate of drug-likeness (QED) is 0.594.